The maximum Gasteiger partial charge on any atom is 0.262 e. The molecule has 2 aromatic heterocycles. The van der Waals surface area contributed by atoms with Gasteiger partial charge in [0.25, 0.3) is 5.89 Å². The Kier molecular flexibility index (Phi) is 4.30. The maximum absolute atomic E-state index is 10.3. The molecule has 0 saturated carbocycles. The Bertz CT molecular complexity index is 1070. The average molecular weight is 358 g/mol. The van der Waals surface area contributed by atoms with Gasteiger partial charge in [0.15, 0.2) is 0 Å². The summed E-state index contributed by atoms with van der Waals surface area (Å²) >= 11 is 0. The van der Waals surface area contributed by atoms with Crippen LogP contribution in [-0.2, 0) is 0 Å². The highest BCUT2D eigenvalue weighted by atomic mass is 16.5. The topological polar surface area (TPSA) is 75.3 Å². The average Bonchev–Trinajstić information content (AvgIpc) is 3.18. The van der Waals surface area contributed by atoms with Crippen molar-refractivity contribution in [2.45, 2.75) is 0 Å². The largest absolute Gasteiger partial charge is 0.507 e. The van der Waals surface area contributed by atoms with Gasteiger partial charge in [-0.3, -0.25) is 4.98 Å². The van der Waals surface area contributed by atoms with Gasteiger partial charge < -0.3 is 14.5 Å². The first kappa shape index (κ1) is 16.8. The SMILES string of the molecule is CN(C)c1ccc(-c2nc(-c3ncccc3-c3ccccc3)no2)c(O)c1. The van der Waals surface area contributed by atoms with Gasteiger partial charge in [0, 0.05) is 37.6 Å². The second kappa shape index (κ2) is 6.92. The van der Waals surface area contributed by atoms with Crippen molar-refractivity contribution in [3.63, 3.8) is 0 Å². The molecule has 4 aromatic rings. The molecule has 27 heavy (non-hydrogen) atoms. The van der Waals surface area contributed by atoms with Gasteiger partial charge in [-0.1, -0.05) is 41.6 Å². The smallest absolute Gasteiger partial charge is 0.262 e. The second-order valence-corrected chi connectivity index (χ2v) is 6.28. The van der Waals surface area contributed by atoms with Crippen molar-refractivity contribution in [1.82, 2.24) is 15.1 Å². The zero-order valence-electron chi connectivity index (χ0n) is 15.0. The van der Waals surface area contributed by atoms with Crippen molar-refractivity contribution < 1.29 is 9.63 Å². The van der Waals surface area contributed by atoms with Crippen LogP contribution in [0.25, 0.3) is 34.1 Å². The third-order valence-corrected chi connectivity index (χ3v) is 4.26. The highest BCUT2D eigenvalue weighted by Crippen LogP contribution is 2.34. The number of hydrogen-bond acceptors (Lipinski definition) is 6. The predicted molar refractivity (Wildman–Crippen MR) is 104 cm³/mol. The number of aromatic nitrogens is 3. The Labute approximate surface area is 156 Å². The van der Waals surface area contributed by atoms with E-state index in [1.165, 1.54) is 0 Å². The van der Waals surface area contributed by atoms with Crippen LogP contribution in [0.1, 0.15) is 0 Å². The summed E-state index contributed by atoms with van der Waals surface area (Å²) < 4.78 is 5.40. The zero-order valence-corrected chi connectivity index (χ0v) is 15.0. The lowest BCUT2D eigenvalue weighted by Crippen LogP contribution is -2.08. The van der Waals surface area contributed by atoms with Crippen molar-refractivity contribution in [3.05, 3.63) is 66.9 Å². The maximum atomic E-state index is 10.3. The van der Waals surface area contributed by atoms with Gasteiger partial charge in [-0.2, -0.15) is 4.98 Å². The summed E-state index contributed by atoms with van der Waals surface area (Å²) in [5, 5.41) is 14.4. The van der Waals surface area contributed by atoms with Crippen LogP contribution in [0, 0.1) is 0 Å². The fourth-order valence-corrected chi connectivity index (χ4v) is 2.84. The number of nitrogens with zero attached hydrogens (tertiary/aromatic N) is 4. The van der Waals surface area contributed by atoms with E-state index >= 15 is 0 Å². The van der Waals surface area contributed by atoms with Crippen LogP contribution in [0.5, 0.6) is 5.75 Å². The Hall–Kier alpha value is -3.67. The normalized spacial score (nSPS) is 10.7. The van der Waals surface area contributed by atoms with Crippen LogP contribution in [0.15, 0.2) is 71.4 Å². The van der Waals surface area contributed by atoms with Crippen LogP contribution < -0.4 is 4.90 Å². The summed E-state index contributed by atoms with van der Waals surface area (Å²) in [5.74, 6) is 0.707. The van der Waals surface area contributed by atoms with E-state index in [2.05, 4.69) is 15.1 Å². The van der Waals surface area contributed by atoms with Crippen LogP contribution >= 0.6 is 0 Å². The molecular weight excluding hydrogens is 340 g/mol. The Balaban J connectivity index is 1.75. The molecule has 0 aliphatic carbocycles. The van der Waals surface area contributed by atoms with Crippen molar-refractivity contribution in [3.8, 4) is 39.8 Å². The van der Waals surface area contributed by atoms with Gasteiger partial charge in [-0.25, -0.2) is 0 Å². The van der Waals surface area contributed by atoms with Crippen LogP contribution in [-0.4, -0.2) is 34.3 Å². The van der Waals surface area contributed by atoms with Gasteiger partial charge in [0.2, 0.25) is 5.82 Å². The zero-order chi connectivity index (χ0) is 18.8. The molecule has 134 valence electrons. The molecule has 1 N–H and O–H groups in total. The quantitative estimate of drug-likeness (QED) is 0.588. The number of hydrogen-bond donors (Lipinski definition) is 1. The van der Waals surface area contributed by atoms with Gasteiger partial charge in [0.05, 0.1) is 5.56 Å². The van der Waals surface area contributed by atoms with E-state index in [4.69, 9.17) is 4.52 Å². The number of phenols is 1. The molecule has 4 rings (SSSR count). The molecule has 6 nitrogen and oxygen atoms in total. The molecule has 0 unspecified atom stereocenters. The summed E-state index contributed by atoms with van der Waals surface area (Å²) in [6, 6.07) is 19.1. The summed E-state index contributed by atoms with van der Waals surface area (Å²) in [6.45, 7) is 0. The van der Waals surface area contributed by atoms with E-state index in [0.29, 0.717) is 17.1 Å². The standard InChI is InChI=1S/C21H18N4O2/c1-25(2)15-10-11-17(18(26)13-15)21-23-20(24-27-21)19-16(9-6-12-22-19)14-7-4-3-5-8-14/h3-13,26H,1-2H3. The number of pyridine rings is 1. The van der Waals surface area contributed by atoms with Gasteiger partial charge in [-0.15, -0.1) is 0 Å². The lowest BCUT2D eigenvalue weighted by Gasteiger charge is -2.13. The number of aromatic hydroxyl groups is 1. The van der Waals surface area contributed by atoms with E-state index < -0.39 is 0 Å². The van der Waals surface area contributed by atoms with Crippen molar-refractivity contribution in [2.24, 2.45) is 0 Å². The predicted octanol–water partition coefficient (Wildman–Crippen LogP) is 4.24. The van der Waals surface area contributed by atoms with Gasteiger partial charge in [0.1, 0.15) is 11.4 Å². The molecule has 0 aliphatic rings. The molecule has 2 aromatic carbocycles. The molecule has 6 heteroatoms. The molecule has 0 spiro atoms. The number of phenolic OH excluding ortho intramolecular Hbond substituents is 1. The molecule has 0 radical (unpaired) electrons. The summed E-state index contributed by atoms with van der Waals surface area (Å²) in [7, 11) is 3.82. The summed E-state index contributed by atoms with van der Waals surface area (Å²) in [6.07, 6.45) is 1.70. The van der Waals surface area contributed by atoms with E-state index in [1.807, 2.05) is 67.5 Å². The van der Waals surface area contributed by atoms with E-state index in [-0.39, 0.29) is 11.6 Å². The van der Waals surface area contributed by atoms with Gasteiger partial charge in [-0.05, 0) is 23.8 Å². The molecular formula is C21H18N4O2. The van der Waals surface area contributed by atoms with Crippen molar-refractivity contribution in [2.75, 3.05) is 19.0 Å². The van der Waals surface area contributed by atoms with Crippen LogP contribution in [0.4, 0.5) is 5.69 Å². The minimum atomic E-state index is 0.0840. The Morgan fingerprint density at radius 1 is 0.926 bits per heavy atom. The van der Waals surface area contributed by atoms with Crippen molar-refractivity contribution in [1.29, 1.82) is 0 Å². The summed E-state index contributed by atoms with van der Waals surface area (Å²) in [5.41, 5.74) is 3.93. The van der Waals surface area contributed by atoms with E-state index in [0.717, 1.165) is 16.8 Å². The monoisotopic (exact) mass is 358 g/mol. The molecule has 0 atom stereocenters. The van der Waals surface area contributed by atoms with E-state index in [1.54, 1.807) is 18.3 Å². The third-order valence-electron chi connectivity index (χ3n) is 4.26. The third kappa shape index (κ3) is 3.25. The van der Waals surface area contributed by atoms with Crippen molar-refractivity contribution >= 4 is 5.69 Å². The molecule has 2 heterocycles. The Morgan fingerprint density at radius 2 is 1.74 bits per heavy atom. The van der Waals surface area contributed by atoms with Crippen LogP contribution in [0.3, 0.4) is 0 Å². The lowest BCUT2D eigenvalue weighted by atomic mass is 10.0. The molecule has 0 saturated heterocycles. The lowest BCUT2D eigenvalue weighted by molar-refractivity contribution is 0.425. The Morgan fingerprint density at radius 3 is 2.48 bits per heavy atom. The minimum absolute atomic E-state index is 0.0840. The highest BCUT2D eigenvalue weighted by Gasteiger charge is 2.18. The molecule has 0 bridgehead atoms. The second-order valence-electron chi connectivity index (χ2n) is 6.28. The van der Waals surface area contributed by atoms with E-state index in [9.17, 15) is 5.11 Å². The molecule has 0 aliphatic heterocycles. The first-order valence-electron chi connectivity index (χ1n) is 8.49. The first-order chi connectivity index (χ1) is 13.1. The number of rotatable bonds is 4. The molecule has 0 fully saturated rings. The highest BCUT2D eigenvalue weighted by molar-refractivity contribution is 5.78. The number of benzene rings is 2. The fourth-order valence-electron chi connectivity index (χ4n) is 2.84. The fraction of sp³-hybridized carbons (Fsp3) is 0.0952. The van der Waals surface area contributed by atoms with Gasteiger partial charge >= 0.3 is 0 Å². The number of anilines is 1. The summed E-state index contributed by atoms with van der Waals surface area (Å²) in [4.78, 5) is 10.8. The minimum Gasteiger partial charge on any atom is -0.507 e. The molecule has 0 amide bonds. The van der Waals surface area contributed by atoms with Crippen LogP contribution in [0.2, 0.25) is 0 Å². The first-order valence-corrected chi connectivity index (χ1v) is 8.49.